The van der Waals surface area contributed by atoms with E-state index >= 15 is 0 Å². The van der Waals surface area contributed by atoms with Gasteiger partial charge >= 0.3 is 0 Å². The van der Waals surface area contributed by atoms with Gasteiger partial charge in [0.15, 0.2) is 0 Å². The average molecular weight is 269 g/mol. The summed E-state index contributed by atoms with van der Waals surface area (Å²) < 4.78 is 26.6. The summed E-state index contributed by atoms with van der Waals surface area (Å²) in [5, 5.41) is 0. The van der Waals surface area contributed by atoms with E-state index in [9.17, 15) is 8.42 Å². The minimum atomic E-state index is -3.44. The molecule has 1 heterocycles. The second kappa shape index (κ2) is 5.67. The number of anilines is 1. The molecule has 0 bridgehead atoms. The quantitative estimate of drug-likeness (QED) is 0.868. The van der Waals surface area contributed by atoms with Gasteiger partial charge in [-0.3, -0.25) is 0 Å². The number of hydrogen-bond acceptors (Lipinski definition) is 4. The highest BCUT2D eigenvalue weighted by Crippen LogP contribution is 2.23. The molecule has 0 unspecified atom stereocenters. The van der Waals surface area contributed by atoms with Crippen LogP contribution in [0, 0.1) is 5.92 Å². The third kappa shape index (κ3) is 3.43. The molecule has 0 amide bonds. The second-order valence-corrected chi connectivity index (χ2v) is 6.54. The first-order valence-electron chi connectivity index (χ1n) is 6.29. The fourth-order valence-corrected chi connectivity index (χ4v) is 3.31. The van der Waals surface area contributed by atoms with Gasteiger partial charge in [0.1, 0.15) is 10.7 Å². The van der Waals surface area contributed by atoms with Gasteiger partial charge in [-0.25, -0.2) is 18.1 Å². The van der Waals surface area contributed by atoms with Crippen LogP contribution in [0.5, 0.6) is 0 Å². The Hall–Kier alpha value is -1.14. The van der Waals surface area contributed by atoms with Gasteiger partial charge in [0.2, 0.25) is 10.0 Å². The molecule has 0 radical (unpaired) electrons. The van der Waals surface area contributed by atoms with E-state index in [4.69, 9.17) is 5.73 Å². The molecule has 0 spiro atoms. The maximum Gasteiger partial charge on any atom is 0.242 e. The van der Waals surface area contributed by atoms with Gasteiger partial charge in [0, 0.05) is 12.7 Å². The van der Waals surface area contributed by atoms with Crippen LogP contribution in [-0.4, -0.2) is 19.9 Å². The highest BCUT2D eigenvalue weighted by molar-refractivity contribution is 7.89. The lowest BCUT2D eigenvalue weighted by Gasteiger charge is -2.21. The number of nitrogens with one attached hydrogen (secondary N) is 1. The Morgan fingerprint density at radius 1 is 1.28 bits per heavy atom. The largest absolute Gasteiger partial charge is 0.384 e. The highest BCUT2D eigenvalue weighted by Gasteiger charge is 2.18. The monoisotopic (exact) mass is 269 g/mol. The molecule has 1 fully saturated rings. The average Bonchev–Trinajstić information content (AvgIpc) is 2.38. The molecule has 3 N–H and O–H groups in total. The molecule has 1 saturated carbocycles. The van der Waals surface area contributed by atoms with Crippen LogP contribution in [0.15, 0.2) is 23.2 Å². The molecule has 2 rings (SSSR count). The number of nitrogen functional groups attached to an aromatic ring is 1. The van der Waals surface area contributed by atoms with Crippen molar-refractivity contribution >= 4 is 15.8 Å². The Morgan fingerprint density at radius 2 is 2.00 bits per heavy atom. The first-order valence-corrected chi connectivity index (χ1v) is 7.77. The van der Waals surface area contributed by atoms with Crippen molar-refractivity contribution in [3.8, 4) is 0 Å². The number of hydrogen-bond donors (Lipinski definition) is 2. The van der Waals surface area contributed by atoms with E-state index in [2.05, 4.69) is 9.71 Å². The fourth-order valence-electron chi connectivity index (χ4n) is 2.25. The lowest BCUT2D eigenvalue weighted by atomic mass is 9.90. The van der Waals surface area contributed by atoms with Crippen molar-refractivity contribution in [3.05, 3.63) is 18.3 Å². The number of aromatic nitrogens is 1. The zero-order chi connectivity index (χ0) is 13.0. The van der Waals surface area contributed by atoms with E-state index < -0.39 is 10.0 Å². The van der Waals surface area contributed by atoms with Crippen molar-refractivity contribution in [2.24, 2.45) is 5.92 Å². The topological polar surface area (TPSA) is 85.1 Å². The summed E-state index contributed by atoms with van der Waals surface area (Å²) in [7, 11) is -3.44. The van der Waals surface area contributed by atoms with E-state index in [1.165, 1.54) is 37.6 Å². The molecule has 1 aliphatic rings. The molecule has 0 saturated heterocycles. The van der Waals surface area contributed by atoms with Crippen molar-refractivity contribution in [1.82, 2.24) is 9.71 Å². The van der Waals surface area contributed by atoms with Crippen molar-refractivity contribution < 1.29 is 8.42 Å². The van der Waals surface area contributed by atoms with Crippen LogP contribution >= 0.6 is 0 Å². The number of nitrogens with zero attached hydrogens (tertiary/aromatic N) is 1. The third-order valence-electron chi connectivity index (χ3n) is 3.36. The molecule has 5 nitrogen and oxygen atoms in total. The summed E-state index contributed by atoms with van der Waals surface area (Å²) in [6, 6.07) is 2.97. The molecular weight excluding hydrogens is 250 g/mol. The SMILES string of the molecule is Nc1ccc(S(=O)(=O)NCC2CCCCC2)cn1. The smallest absolute Gasteiger partial charge is 0.242 e. The highest BCUT2D eigenvalue weighted by atomic mass is 32.2. The lowest BCUT2D eigenvalue weighted by Crippen LogP contribution is -2.30. The molecule has 100 valence electrons. The van der Waals surface area contributed by atoms with Crippen molar-refractivity contribution in [2.75, 3.05) is 12.3 Å². The number of sulfonamides is 1. The van der Waals surface area contributed by atoms with Gasteiger partial charge < -0.3 is 5.73 Å². The van der Waals surface area contributed by atoms with E-state index in [0.717, 1.165) is 12.8 Å². The van der Waals surface area contributed by atoms with Crippen molar-refractivity contribution in [2.45, 2.75) is 37.0 Å². The first kappa shape index (κ1) is 13.3. The van der Waals surface area contributed by atoms with Gasteiger partial charge in [0.25, 0.3) is 0 Å². The Bertz CT molecular complexity index is 479. The Balaban J connectivity index is 1.96. The number of nitrogens with two attached hydrogens (primary N) is 1. The molecule has 0 aromatic carbocycles. The zero-order valence-electron chi connectivity index (χ0n) is 10.3. The van der Waals surface area contributed by atoms with Crippen LogP contribution in [-0.2, 0) is 10.0 Å². The summed E-state index contributed by atoms with van der Waals surface area (Å²) in [5.41, 5.74) is 5.43. The molecular formula is C12H19N3O2S. The van der Waals surface area contributed by atoms with Gasteiger partial charge in [-0.15, -0.1) is 0 Å². The minimum Gasteiger partial charge on any atom is -0.384 e. The van der Waals surface area contributed by atoms with Crippen molar-refractivity contribution in [1.29, 1.82) is 0 Å². The summed E-state index contributed by atoms with van der Waals surface area (Å²) in [6.45, 7) is 0.521. The van der Waals surface area contributed by atoms with Crippen molar-refractivity contribution in [3.63, 3.8) is 0 Å². The predicted molar refractivity (Wildman–Crippen MR) is 70.4 cm³/mol. The molecule has 6 heteroatoms. The molecule has 0 atom stereocenters. The summed E-state index contributed by atoms with van der Waals surface area (Å²) >= 11 is 0. The van der Waals surface area contributed by atoms with Gasteiger partial charge in [-0.2, -0.15) is 0 Å². The Kier molecular flexibility index (Phi) is 4.19. The van der Waals surface area contributed by atoms with Crippen LogP contribution in [0.4, 0.5) is 5.82 Å². The normalized spacial score (nSPS) is 17.8. The molecule has 18 heavy (non-hydrogen) atoms. The summed E-state index contributed by atoms with van der Waals surface area (Å²) in [5.74, 6) is 0.788. The molecule has 0 aliphatic heterocycles. The van der Waals surface area contributed by atoms with Crippen LogP contribution in [0.1, 0.15) is 32.1 Å². The minimum absolute atomic E-state index is 0.174. The zero-order valence-corrected chi connectivity index (χ0v) is 11.1. The van der Waals surface area contributed by atoms with Crippen LogP contribution in [0.2, 0.25) is 0 Å². The second-order valence-electron chi connectivity index (χ2n) is 4.77. The van der Waals surface area contributed by atoms with E-state index in [1.807, 2.05) is 0 Å². The van der Waals surface area contributed by atoms with Gasteiger partial charge in [-0.05, 0) is 30.9 Å². The van der Waals surface area contributed by atoms with Gasteiger partial charge in [0.05, 0.1) is 0 Å². The Morgan fingerprint density at radius 3 is 2.61 bits per heavy atom. The van der Waals surface area contributed by atoms with E-state index in [-0.39, 0.29) is 4.90 Å². The van der Waals surface area contributed by atoms with Crippen LogP contribution in [0.25, 0.3) is 0 Å². The van der Waals surface area contributed by atoms with E-state index in [1.54, 1.807) is 0 Å². The predicted octanol–water partition coefficient (Wildman–Crippen LogP) is 1.52. The van der Waals surface area contributed by atoms with Crippen LogP contribution in [0.3, 0.4) is 0 Å². The first-order chi connectivity index (χ1) is 8.58. The summed E-state index contributed by atoms with van der Waals surface area (Å²) in [6.07, 6.45) is 7.19. The summed E-state index contributed by atoms with van der Waals surface area (Å²) in [4.78, 5) is 3.97. The number of rotatable bonds is 4. The fraction of sp³-hybridized carbons (Fsp3) is 0.583. The molecule has 1 aromatic heterocycles. The third-order valence-corrected chi connectivity index (χ3v) is 4.77. The molecule has 1 aliphatic carbocycles. The van der Waals surface area contributed by atoms with Crippen LogP contribution < -0.4 is 10.5 Å². The maximum atomic E-state index is 12.0. The van der Waals surface area contributed by atoms with Gasteiger partial charge in [-0.1, -0.05) is 19.3 Å². The number of pyridine rings is 1. The molecule has 1 aromatic rings. The Labute approximate surface area is 108 Å². The van der Waals surface area contributed by atoms with E-state index in [0.29, 0.717) is 18.3 Å². The standard InChI is InChI=1S/C12H19N3O2S/c13-12-7-6-11(9-14-12)18(16,17)15-8-10-4-2-1-3-5-10/h6-7,9-10,15H,1-5,8H2,(H2,13,14). The maximum absolute atomic E-state index is 12.0. The lowest BCUT2D eigenvalue weighted by molar-refractivity contribution is 0.357.